The highest BCUT2D eigenvalue weighted by molar-refractivity contribution is 7.09. The second-order valence-electron chi connectivity index (χ2n) is 6.34. The molecule has 1 aromatic heterocycles. The van der Waals surface area contributed by atoms with Crippen molar-refractivity contribution in [3.05, 3.63) is 74.9 Å². The summed E-state index contributed by atoms with van der Waals surface area (Å²) in [7, 11) is 0. The molecule has 134 valence electrons. The molecule has 0 atom stereocenters. The fourth-order valence-corrected chi connectivity index (χ4v) is 4.16. The molecular formula is C22H24N2OS. The van der Waals surface area contributed by atoms with Crippen molar-refractivity contribution in [3.63, 3.8) is 0 Å². The Labute approximate surface area is 158 Å². The van der Waals surface area contributed by atoms with Gasteiger partial charge in [-0.25, -0.2) is 0 Å². The molecule has 0 aliphatic rings. The van der Waals surface area contributed by atoms with E-state index in [4.69, 9.17) is 0 Å². The van der Waals surface area contributed by atoms with Crippen LogP contribution in [0.15, 0.2) is 53.5 Å². The van der Waals surface area contributed by atoms with E-state index in [2.05, 4.69) is 55.5 Å². The highest BCUT2D eigenvalue weighted by atomic mass is 32.1. The van der Waals surface area contributed by atoms with Gasteiger partial charge in [0.05, 0.1) is 5.69 Å². The molecule has 26 heavy (non-hydrogen) atoms. The molecule has 3 aromatic rings. The Balaban J connectivity index is 2.16. The van der Waals surface area contributed by atoms with E-state index in [0.717, 1.165) is 17.8 Å². The lowest BCUT2D eigenvalue weighted by molar-refractivity contribution is 0.0998. The predicted molar refractivity (Wildman–Crippen MR) is 109 cm³/mol. The molecule has 0 saturated carbocycles. The molecule has 0 radical (unpaired) electrons. The number of carbonyl (C=O) groups is 1. The van der Waals surface area contributed by atoms with E-state index in [1.54, 1.807) is 23.5 Å². The Morgan fingerprint density at radius 2 is 1.77 bits per heavy atom. The minimum atomic E-state index is -0.191. The van der Waals surface area contributed by atoms with Crippen LogP contribution in [-0.4, -0.2) is 10.5 Å². The quantitative estimate of drug-likeness (QED) is 0.630. The summed E-state index contributed by atoms with van der Waals surface area (Å²) < 4.78 is 2.16. The highest BCUT2D eigenvalue weighted by Crippen LogP contribution is 2.28. The van der Waals surface area contributed by atoms with Crippen LogP contribution in [0, 0.1) is 13.8 Å². The average Bonchev–Trinajstić information content (AvgIpc) is 3.02. The van der Waals surface area contributed by atoms with Crippen LogP contribution < -0.4 is 4.80 Å². The Morgan fingerprint density at radius 3 is 2.38 bits per heavy atom. The number of rotatable bonds is 4. The maximum Gasteiger partial charge on any atom is 0.279 e. The molecule has 0 aliphatic carbocycles. The standard InChI is InChI=1S/C22H24N2OS/c1-5-19-20(18-13-12-15(3)16(4)14-18)24(6-2)22(26-19)23-21(25)17-10-8-7-9-11-17/h7-14H,5-6H2,1-4H3. The van der Waals surface area contributed by atoms with Gasteiger partial charge in [0, 0.05) is 17.0 Å². The number of aryl methyl sites for hydroxylation is 3. The van der Waals surface area contributed by atoms with E-state index >= 15 is 0 Å². The van der Waals surface area contributed by atoms with Crippen molar-refractivity contribution in [2.45, 2.75) is 40.7 Å². The third kappa shape index (κ3) is 3.56. The van der Waals surface area contributed by atoms with Gasteiger partial charge in [-0.05, 0) is 62.1 Å². The summed E-state index contributed by atoms with van der Waals surface area (Å²) in [5.74, 6) is -0.191. The maximum atomic E-state index is 12.6. The van der Waals surface area contributed by atoms with Gasteiger partial charge in [0.2, 0.25) is 0 Å². The minimum Gasteiger partial charge on any atom is -0.316 e. The summed E-state index contributed by atoms with van der Waals surface area (Å²) in [4.78, 5) is 19.0. The zero-order valence-corrected chi connectivity index (χ0v) is 16.6. The summed E-state index contributed by atoms with van der Waals surface area (Å²) >= 11 is 1.61. The first-order chi connectivity index (χ1) is 12.5. The Kier molecular flexibility index (Phi) is 5.52. The molecule has 0 fully saturated rings. The van der Waals surface area contributed by atoms with E-state index in [1.807, 2.05) is 18.2 Å². The lowest BCUT2D eigenvalue weighted by atomic mass is 10.0. The van der Waals surface area contributed by atoms with E-state index in [-0.39, 0.29) is 5.91 Å². The monoisotopic (exact) mass is 364 g/mol. The number of benzene rings is 2. The predicted octanol–water partition coefficient (Wildman–Crippen LogP) is 5.16. The second-order valence-corrected chi connectivity index (χ2v) is 7.40. The fourth-order valence-electron chi connectivity index (χ4n) is 3.01. The van der Waals surface area contributed by atoms with Crippen LogP contribution in [0.4, 0.5) is 0 Å². The second kappa shape index (κ2) is 7.83. The first kappa shape index (κ1) is 18.3. The first-order valence-corrected chi connectivity index (χ1v) is 9.81. The van der Waals surface area contributed by atoms with Crippen molar-refractivity contribution in [1.29, 1.82) is 0 Å². The molecular weight excluding hydrogens is 340 g/mol. The van der Waals surface area contributed by atoms with Gasteiger partial charge in [-0.15, -0.1) is 11.3 Å². The number of nitrogens with zero attached hydrogens (tertiary/aromatic N) is 2. The van der Waals surface area contributed by atoms with Gasteiger partial charge >= 0.3 is 0 Å². The minimum absolute atomic E-state index is 0.191. The highest BCUT2D eigenvalue weighted by Gasteiger charge is 2.15. The lowest BCUT2D eigenvalue weighted by Gasteiger charge is -2.10. The van der Waals surface area contributed by atoms with Crippen molar-refractivity contribution >= 4 is 17.2 Å². The molecule has 1 amide bonds. The molecule has 3 nitrogen and oxygen atoms in total. The van der Waals surface area contributed by atoms with Crippen molar-refractivity contribution in [1.82, 2.24) is 4.57 Å². The SMILES string of the molecule is CCc1sc(=NC(=O)c2ccccc2)n(CC)c1-c1ccc(C)c(C)c1. The Hall–Kier alpha value is -2.46. The maximum absolute atomic E-state index is 12.6. The molecule has 4 heteroatoms. The molecule has 1 heterocycles. The number of aromatic nitrogens is 1. The molecule has 0 N–H and O–H groups in total. The Bertz CT molecular complexity index is 997. The van der Waals surface area contributed by atoms with Gasteiger partial charge < -0.3 is 4.57 Å². The summed E-state index contributed by atoms with van der Waals surface area (Å²) in [6, 6.07) is 15.8. The molecule has 0 unspecified atom stereocenters. The van der Waals surface area contributed by atoms with Gasteiger partial charge in [0.1, 0.15) is 0 Å². The summed E-state index contributed by atoms with van der Waals surface area (Å²) in [6.07, 6.45) is 0.919. The largest absolute Gasteiger partial charge is 0.316 e. The molecule has 3 rings (SSSR count). The number of hydrogen-bond donors (Lipinski definition) is 0. The lowest BCUT2D eigenvalue weighted by Crippen LogP contribution is -2.17. The van der Waals surface area contributed by atoms with Crippen LogP contribution >= 0.6 is 11.3 Å². The third-order valence-electron chi connectivity index (χ3n) is 4.62. The van der Waals surface area contributed by atoms with Crippen LogP contribution in [0.5, 0.6) is 0 Å². The summed E-state index contributed by atoms with van der Waals surface area (Å²) in [5.41, 5.74) is 5.56. The van der Waals surface area contributed by atoms with Gasteiger partial charge in [-0.2, -0.15) is 4.99 Å². The van der Waals surface area contributed by atoms with Crippen LogP contribution in [0.25, 0.3) is 11.3 Å². The van der Waals surface area contributed by atoms with Crippen LogP contribution in [-0.2, 0) is 13.0 Å². The van der Waals surface area contributed by atoms with E-state index < -0.39 is 0 Å². The van der Waals surface area contributed by atoms with E-state index in [9.17, 15) is 4.79 Å². The number of carbonyl (C=O) groups excluding carboxylic acids is 1. The normalized spacial score (nSPS) is 11.8. The van der Waals surface area contributed by atoms with Gasteiger partial charge in [-0.3, -0.25) is 4.79 Å². The fraction of sp³-hybridized carbons (Fsp3) is 0.273. The molecule has 0 bridgehead atoms. The zero-order valence-electron chi connectivity index (χ0n) is 15.7. The number of amides is 1. The van der Waals surface area contributed by atoms with Gasteiger partial charge in [0.25, 0.3) is 5.91 Å². The van der Waals surface area contributed by atoms with Crippen molar-refractivity contribution in [3.8, 4) is 11.3 Å². The van der Waals surface area contributed by atoms with Crippen LogP contribution in [0.2, 0.25) is 0 Å². The summed E-state index contributed by atoms with van der Waals surface area (Å²) in [6.45, 7) is 9.29. The average molecular weight is 365 g/mol. The van der Waals surface area contributed by atoms with Crippen molar-refractivity contribution in [2.75, 3.05) is 0 Å². The number of thiazole rings is 1. The zero-order chi connectivity index (χ0) is 18.7. The van der Waals surface area contributed by atoms with Crippen LogP contribution in [0.3, 0.4) is 0 Å². The van der Waals surface area contributed by atoms with Gasteiger partial charge in [-0.1, -0.05) is 37.3 Å². The first-order valence-electron chi connectivity index (χ1n) is 8.99. The third-order valence-corrected chi connectivity index (χ3v) is 5.84. The van der Waals surface area contributed by atoms with E-state index in [1.165, 1.54) is 27.3 Å². The van der Waals surface area contributed by atoms with Gasteiger partial charge in [0.15, 0.2) is 4.80 Å². The van der Waals surface area contributed by atoms with Crippen LogP contribution in [0.1, 0.15) is 40.2 Å². The summed E-state index contributed by atoms with van der Waals surface area (Å²) in [5, 5.41) is 0. The topological polar surface area (TPSA) is 34.4 Å². The molecule has 0 spiro atoms. The molecule has 2 aromatic carbocycles. The Morgan fingerprint density at radius 1 is 1.04 bits per heavy atom. The molecule has 0 saturated heterocycles. The van der Waals surface area contributed by atoms with Crippen molar-refractivity contribution in [2.24, 2.45) is 4.99 Å². The van der Waals surface area contributed by atoms with Crippen molar-refractivity contribution < 1.29 is 4.79 Å². The molecule has 0 aliphatic heterocycles. The number of hydrogen-bond acceptors (Lipinski definition) is 2. The smallest absolute Gasteiger partial charge is 0.279 e. The van der Waals surface area contributed by atoms with E-state index in [0.29, 0.717) is 5.56 Å².